The van der Waals surface area contributed by atoms with Gasteiger partial charge in [0.05, 0.1) is 11.0 Å². The van der Waals surface area contributed by atoms with Crippen molar-refractivity contribution in [1.29, 1.82) is 0 Å². The predicted octanol–water partition coefficient (Wildman–Crippen LogP) is 2.52. The highest BCUT2D eigenvalue weighted by atomic mass is 19.2. The number of hydrogen-bond acceptors (Lipinski definition) is 2. The van der Waals surface area contributed by atoms with Crippen molar-refractivity contribution >= 4 is 27.8 Å². The summed E-state index contributed by atoms with van der Waals surface area (Å²) < 4.78 is 28.7. The number of fused-ring (bicyclic) bond motifs is 2. The minimum Gasteiger partial charge on any atom is -0.480 e. The molecule has 0 aliphatic carbocycles. The average molecular weight is 289 g/mol. The molecule has 0 unspecified atom stereocenters. The second-order valence-corrected chi connectivity index (χ2v) is 4.58. The monoisotopic (exact) mass is 289 g/mol. The second kappa shape index (κ2) is 4.66. The molecule has 3 rings (SSSR count). The molecule has 0 atom stereocenters. The van der Waals surface area contributed by atoms with Gasteiger partial charge in [-0.2, -0.15) is 0 Å². The van der Waals surface area contributed by atoms with Crippen molar-refractivity contribution in [2.24, 2.45) is 0 Å². The van der Waals surface area contributed by atoms with Crippen LogP contribution >= 0.6 is 0 Å². The second-order valence-electron chi connectivity index (χ2n) is 4.58. The Hall–Kier alpha value is -2.76. The van der Waals surface area contributed by atoms with Crippen molar-refractivity contribution in [2.45, 2.75) is 6.54 Å². The SMILES string of the molecule is O=C(O)Cn1c2ccccc2c(=O)c2ccc(F)c(F)c21. The predicted molar refractivity (Wildman–Crippen MR) is 73.3 cm³/mol. The molecule has 0 bridgehead atoms. The molecule has 0 amide bonds. The zero-order chi connectivity index (χ0) is 15.1. The molecule has 1 aromatic heterocycles. The number of rotatable bonds is 2. The first-order valence-electron chi connectivity index (χ1n) is 6.11. The van der Waals surface area contributed by atoms with E-state index in [1.807, 2.05) is 0 Å². The van der Waals surface area contributed by atoms with E-state index in [0.29, 0.717) is 0 Å². The van der Waals surface area contributed by atoms with Gasteiger partial charge in [-0.05, 0) is 24.3 Å². The highest BCUT2D eigenvalue weighted by Crippen LogP contribution is 2.23. The summed E-state index contributed by atoms with van der Waals surface area (Å²) in [5.41, 5.74) is -0.538. The lowest BCUT2D eigenvalue weighted by atomic mass is 10.1. The highest BCUT2D eigenvalue weighted by molar-refractivity contribution is 5.94. The molecular formula is C15H9F2NO3. The van der Waals surface area contributed by atoms with E-state index in [2.05, 4.69) is 0 Å². The summed E-state index contributed by atoms with van der Waals surface area (Å²) in [5.74, 6) is -3.57. The normalized spacial score (nSPS) is 11.1. The van der Waals surface area contributed by atoms with E-state index in [0.717, 1.165) is 10.6 Å². The molecule has 106 valence electrons. The van der Waals surface area contributed by atoms with E-state index in [1.54, 1.807) is 12.1 Å². The maximum Gasteiger partial charge on any atom is 0.323 e. The Morgan fingerprint density at radius 2 is 1.81 bits per heavy atom. The van der Waals surface area contributed by atoms with E-state index < -0.39 is 29.6 Å². The van der Waals surface area contributed by atoms with E-state index in [1.165, 1.54) is 18.2 Å². The molecule has 2 aromatic carbocycles. The Morgan fingerprint density at radius 3 is 2.52 bits per heavy atom. The van der Waals surface area contributed by atoms with Crippen LogP contribution < -0.4 is 5.43 Å². The Balaban J connectivity index is 2.63. The lowest BCUT2D eigenvalue weighted by Crippen LogP contribution is -2.17. The van der Waals surface area contributed by atoms with Crippen LogP contribution in [0.25, 0.3) is 21.8 Å². The largest absolute Gasteiger partial charge is 0.480 e. The van der Waals surface area contributed by atoms with Crippen LogP contribution in [0.1, 0.15) is 0 Å². The van der Waals surface area contributed by atoms with Crippen molar-refractivity contribution in [3.63, 3.8) is 0 Å². The van der Waals surface area contributed by atoms with Gasteiger partial charge in [-0.3, -0.25) is 9.59 Å². The number of aliphatic carboxylic acids is 1. The van der Waals surface area contributed by atoms with E-state index in [-0.39, 0.29) is 21.8 Å². The number of carboxylic acids is 1. The van der Waals surface area contributed by atoms with Crippen LogP contribution in [0.2, 0.25) is 0 Å². The van der Waals surface area contributed by atoms with Crippen LogP contribution in [0.4, 0.5) is 8.78 Å². The molecule has 0 saturated heterocycles. The first kappa shape index (κ1) is 13.2. The number of carbonyl (C=O) groups is 1. The number of pyridine rings is 1. The average Bonchev–Trinajstić information content (AvgIpc) is 2.46. The molecule has 0 fully saturated rings. The van der Waals surface area contributed by atoms with Gasteiger partial charge >= 0.3 is 5.97 Å². The molecule has 0 spiro atoms. The third kappa shape index (κ3) is 1.96. The fraction of sp³-hybridized carbons (Fsp3) is 0.0667. The van der Waals surface area contributed by atoms with E-state index >= 15 is 0 Å². The zero-order valence-corrected chi connectivity index (χ0v) is 10.6. The molecule has 0 saturated carbocycles. The molecule has 1 N–H and O–H groups in total. The van der Waals surface area contributed by atoms with Crippen LogP contribution in [0, 0.1) is 11.6 Å². The van der Waals surface area contributed by atoms with Crippen LogP contribution in [0.5, 0.6) is 0 Å². The summed E-state index contributed by atoms with van der Waals surface area (Å²) in [6.45, 7) is -0.572. The molecule has 4 nitrogen and oxygen atoms in total. The third-order valence-corrected chi connectivity index (χ3v) is 3.32. The first-order chi connectivity index (χ1) is 10.0. The van der Waals surface area contributed by atoms with Crippen LogP contribution in [-0.4, -0.2) is 15.6 Å². The smallest absolute Gasteiger partial charge is 0.323 e. The topological polar surface area (TPSA) is 59.3 Å². The summed E-state index contributed by atoms with van der Waals surface area (Å²) >= 11 is 0. The zero-order valence-electron chi connectivity index (χ0n) is 10.6. The van der Waals surface area contributed by atoms with Crippen molar-refractivity contribution in [3.8, 4) is 0 Å². The van der Waals surface area contributed by atoms with Gasteiger partial charge in [0.1, 0.15) is 6.54 Å². The number of nitrogens with zero attached hydrogens (tertiary/aromatic N) is 1. The molecule has 0 aliphatic heterocycles. The molecule has 0 aliphatic rings. The lowest BCUT2D eigenvalue weighted by molar-refractivity contribution is -0.137. The van der Waals surface area contributed by atoms with Gasteiger partial charge in [0.15, 0.2) is 17.1 Å². The summed E-state index contributed by atoms with van der Waals surface area (Å²) in [6, 6.07) is 8.28. The number of halogens is 2. The number of para-hydroxylation sites is 1. The Morgan fingerprint density at radius 1 is 1.10 bits per heavy atom. The Kier molecular flexibility index (Phi) is 2.94. The Labute approximate surface area is 116 Å². The van der Waals surface area contributed by atoms with Crippen molar-refractivity contribution in [3.05, 3.63) is 58.3 Å². The van der Waals surface area contributed by atoms with Gasteiger partial charge in [-0.15, -0.1) is 0 Å². The summed E-state index contributed by atoms with van der Waals surface area (Å²) in [4.78, 5) is 23.4. The number of carboxylic acid groups (broad SMARTS) is 1. The molecule has 1 heterocycles. The molecule has 3 aromatic rings. The van der Waals surface area contributed by atoms with Gasteiger partial charge in [0.25, 0.3) is 0 Å². The number of hydrogen-bond donors (Lipinski definition) is 1. The standard InChI is InChI=1S/C15H9F2NO3/c16-10-6-5-9-14(13(10)17)18(7-12(19)20)11-4-2-1-3-8(11)15(9)21/h1-6H,7H2,(H,19,20). The van der Waals surface area contributed by atoms with Crippen molar-refractivity contribution in [2.75, 3.05) is 0 Å². The van der Waals surface area contributed by atoms with Gasteiger partial charge in [-0.1, -0.05) is 12.1 Å². The van der Waals surface area contributed by atoms with E-state index in [4.69, 9.17) is 5.11 Å². The summed E-state index contributed by atoms with van der Waals surface area (Å²) in [6.07, 6.45) is 0. The highest BCUT2D eigenvalue weighted by Gasteiger charge is 2.18. The van der Waals surface area contributed by atoms with Crippen LogP contribution in [-0.2, 0) is 11.3 Å². The maximum absolute atomic E-state index is 14.1. The summed E-state index contributed by atoms with van der Waals surface area (Å²) in [5, 5.41) is 9.21. The van der Waals surface area contributed by atoms with Gasteiger partial charge < -0.3 is 9.67 Å². The minimum atomic E-state index is -1.23. The fourth-order valence-corrected chi connectivity index (χ4v) is 2.45. The van der Waals surface area contributed by atoms with Crippen molar-refractivity contribution < 1.29 is 18.7 Å². The van der Waals surface area contributed by atoms with Crippen molar-refractivity contribution in [1.82, 2.24) is 4.57 Å². The molecule has 0 radical (unpaired) electrons. The van der Waals surface area contributed by atoms with Gasteiger partial charge in [-0.25, -0.2) is 8.78 Å². The number of benzene rings is 2. The maximum atomic E-state index is 14.1. The van der Waals surface area contributed by atoms with Crippen LogP contribution in [0.15, 0.2) is 41.2 Å². The summed E-state index contributed by atoms with van der Waals surface area (Å²) in [7, 11) is 0. The molecule has 6 heteroatoms. The minimum absolute atomic E-state index is 0.0474. The van der Waals surface area contributed by atoms with Gasteiger partial charge in [0, 0.05) is 10.8 Å². The number of aromatic nitrogens is 1. The fourth-order valence-electron chi connectivity index (χ4n) is 2.45. The van der Waals surface area contributed by atoms with Gasteiger partial charge in [0.2, 0.25) is 0 Å². The third-order valence-electron chi connectivity index (χ3n) is 3.32. The van der Waals surface area contributed by atoms with Crippen LogP contribution in [0.3, 0.4) is 0 Å². The van der Waals surface area contributed by atoms with E-state index in [9.17, 15) is 18.4 Å². The molecule has 21 heavy (non-hydrogen) atoms. The quantitative estimate of drug-likeness (QED) is 0.737. The lowest BCUT2D eigenvalue weighted by Gasteiger charge is -2.13. The molecular weight excluding hydrogens is 280 g/mol. The first-order valence-corrected chi connectivity index (χ1v) is 6.11. The Bertz CT molecular complexity index is 947.